The molecule has 0 bridgehead atoms. The van der Waals surface area contributed by atoms with E-state index in [-0.39, 0.29) is 17.9 Å². The van der Waals surface area contributed by atoms with E-state index in [1.807, 2.05) is 13.8 Å². The number of hydrogen-bond acceptors (Lipinski definition) is 6. The van der Waals surface area contributed by atoms with E-state index >= 15 is 0 Å². The highest BCUT2D eigenvalue weighted by Gasteiger charge is 2.26. The van der Waals surface area contributed by atoms with Crippen molar-refractivity contribution in [2.45, 2.75) is 38.7 Å². The van der Waals surface area contributed by atoms with Crippen molar-refractivity contribution in [1.29, 1.82) is 10.5 Å². The Morgan fingerprint density at radius 2 is 2.27 bits per heavy atom. The Hall–Kier alpha value is -1.96. The lowest BCUT2D eigenvalue weighted by molar-refractivity contribution is -0.0369. The molecule has 2 atom stereocenters. The summed E-state index contributed by atoms with van der Waals surface area (Å²) in [5, 5.41) is 25.0. The summed E-state index contributed by atoms with van der Waals surface area (Å²) in [6.07, 6.45) is 0.907. The van der Waals surface area contributed by atoms with E-state index < -0.39 is 0 Å². The highest BCUT2D eigenvalue weighted by atomic mass is 16.5. The zero-order chi connectivity index (χ0) is 15.9. The van der Waals surface area contributed by atoms with Crippen LogP contribution in [0, 0.1) is 28.6 Å². The lowest BCUT2D eigenvalue weighted by atomic mass is 10.0. The summed E-state index contributed by atoms with van der Waals surface area (Å²) in [7, 11) is 0. The van der Waals surface area contributed by atoms with Crippen LogP contribution >= 0.6 is 0 Å². The first-order chi connectivity index (χ1) is 10.6. The maximum atomic E-state index is 9.18. The van der Waals surface area contributed by atoms with Crippen molar-refractivity contribution in [3.8, 4) is 12.1 Å². The molecule has 1 aliphatic heterocycles. The third-order valence-electron chi connectivity index (χ3n) is 3.76. The second kappa shape index (κ2) is 7.88. The Kier molecular flexibility index (Phi) is 5.88. The van der Waals surface area contributed by atoms with Crippen LogP contribution in [-0.2, 0) is 4.74 Å². The first-order valence-electron chi connectivity index (χ1n) is 7.66. The Bertz CT molecular complexity index is 555. The van der Waals surface area contributed by atoms with Crippen molar-refractivity contribution in [1.82, 2.24) is 20.1 Å². The molecule has 2 rings (SSSR count). The second-order valence-corrected chi connectivity index (χ2v) is 5.88. The Balaban J connectivity index is 1.93. The molecular formula is C15H22N6O. The Morgan fingerprint density at radius 3 is 2.91 bits per heavy atom. The van der Waals surface area contributed by atoms with Crippen LogP contribution in [0.2, 0.25) is 0 Å². The SMILES string of the molecule is CC(C)c1n[nH]c([C@H]2CN(C[C@@H](C#N)CCC#N)CCO2)n1. The lowest BCUT2D eigenvalue weighted by Gasteiger charge is -2.32. The molecule has 1 aromatic heterocycles. The molecule has 0 amide bonds. The smallest absolute Gasteiger partial charge is 0.155 e. The third-order valence-corrected chi connectivity index (χ3v) is 3.76. The molecular weight excluding hydrogens is 280 g/mol. The van der Waals surface area contributed by atoms with Crippen LogP contribution in [0.1, 0.15) is 50.4 Å². The number of nitrogens with zero attached hydrogens (tertiary/aromatic N) is 5. The molecule has 1 saturated heterocycles. The van der Waals surface area contributed by atoms with Gasteiger partial charge < -0.3 is 4.74 Å². The molecule has 7 heteroatoms. The van der Waals surface area contributed by atoms with Gasteiger partial charge in [-0.2, -0.15) is 15.6 Å². The fourth-order valence-electron chi connectivity index (χ4n) is 2.47. The number of rotatable bonds is 6. The van der Waals surface area contributed by atoms with Gasteiger partial charge in [-0.05, 0) is 6.42 Å². The van der Waals surface area contributed by atoms with E-state index in [0.717, 1.165) is 18.2 Å². The Morgan fingerprint density at radius 1 is 1.45 bits per heavy atom. The van der Waals surface area contributed by atoms with Crippen LogP contribution in [0.25, 0.3) is 0 Å². The zero-order valence-electron chi connectivity index (χ0n) is 13.1. The van der Waals surface area contributed by atoms with Crippen LogP contribution in [-0.4, -0.2) is 46.3 Å². The van der Waals surface area contributed by atoms with Crippen molar-refractivity contribution in [2.24, 2.45) is 5.92 Å². The first-order valence-corrected chi connectivity index (χ1v) is 7.66. The fourth-order valence-corrected chi connectivity index (χ4v) is 2.47. The van der Waals surface area contributed by atoms with Gasteiger partial charge in [-0.15, -0.1) is 0 Å². The summed E-state index contributed by atoms with van der Waals surface area (Å²) in [6.45, 7) is 6.87. The van der Waals surface area contributed by atoms with E-state index in [4.69, 9.17) is 10.00 Å². The molecule has 1 aliphatic rings. The molecule has 0 spiro atoms. The molecule has 0 aliphatic carbocycles. The van der Waals surface area contributed by atoms with E-state index in [2.05, 4.69) is 32.2 Å². The van der Waals surface area contributed by atoms with Crippen molar-refractivity contribution < 1.29 is 4.74 Å². The van der Waals surface area contributed by atoms with Crippen molar-refractivity contribution in [2.75, 3.05) is 26.2 Å². The van der Waals surface area contributed by atoms with Gasteiger partial charge in [0, 0.05) is 32.0 Å². The molecule has 1 aromatic rings. The van der Waals surface area contributed by atoms with Crippen molar-refractivity contribution in [3.05, 3.63) is 11.6 Å². The summed E-state index contributed by atoms with van der Waals surface area (Å²) < 4.78 is 5.77. The van der Waals surface area contributed by atoms with Gasteiger partial charge >= 0.3 is 0 Å². The highest BCUT2D eigenvalue weighted by molar-refractivity contribution is 5.00. The molecule has 118 valence electrons. The van der Waals surface area contributed by atoms with Gasteiger partial charge in [-0.25, -0.2) is 4.98 Å². The maximum Gasteiger partial charge on any atom is 0.155 e. The normalized spacial score (nSPS) is 20.5. The Labute approximate surface area is 130 Å². The fraction of sp³-hybridized carbons (Fsp3) is 0.733. The van der Waals surface area contributed by atoms with Crippen LogP contribution in [0.15, 0.2) is 0 Å². The monoisotopic (exact) mass is 302 g/mol. The standard InChI is InChI=1S/C15H22N6O/c1-11(2)14-18-15(20-19-14)13-10-21(6-7-22-13)9-12(8-17)4-3-5-16/h11-13H,3-4,6-7,9-10H2,1-2H3,(H,18,19,20)/t12-,13-/m1/s1. The molecule has 1 fully saturated rings. The van der Waals surface area contributed by atoms with Crippen LogP contribution in [0.4, 0.5) is 0 Å². The maximum absolute atomic E-state index is 9.18. The van der Waals surface area contributed by atoms with Crippen LogP contribution in [0.5, 0.6) is 0 Å². The largest absolute Gasteiger partial charge is 0.368 e. The van der Waals surface area contributed by atoms with E-state index in [1.54, 1.807) is 0 Å². The average molecular weight is 302 g/mol. The molecule has 2 heterocycles. The van der Waals surface area contributed by atoms with Gasteiger partial charge in [0.25, 0.3) is 0 Å². The van der Waals surface area contributed by atoms with Crippen molar-refractivity contribution >= 4 is 0 Å². The van der Waals surface area contributed by atoms with E-state index in [9.17, 15) is 5.26 Å². The lowest BCUT2D eigenvalue weighted by Crippen LogP contribution is -2.41. The topological polar surface area (TPSA) is 102 Å². The predicted molar refractivity (Wildman–Crippen MR) is 79.6 cm³/mol. The number of nitrogens with one attached hydrogen (secondary N) is 1. The molecule has 7 nitrogen and oxygen atoms in total. The molecule has 0 saturated carbocycles. The van der Waals surface area contributed by atoms with Crippen LogP contribution < -0.4 is 0 Å². The number of H-pyrrole nitrogens is 1. The van der Waals surface area contributed by atoms with E-state index in [1.165, 1.54) is 0 Å². The molecule has 22 heavy (non-hydrogen) atoms. The number of aromatic nitrogens is 3. The molecule has 1 N–H and O–H groups in total. The van der Waals surface area contributed by atoms with Gasteiger partial charge in [0.05, 0.1) is 24.7 Å². The minimum atomic E-state index is -0.135. The highest BCUT2D eigenvalue weighted by Crippen LogP contribution is 2.21. The predicted octanol–water partition coefficient (Wildman–Crippen LogP) is 1.74. The van der Waals surface area contributed by atoms with Gasteiger partial charge in [0.2, 0.25) is 0 Å². The van der Waals surface area contributed by atoms with E-state index in [0.29, 0.717) is 32.5 Å². The van der Waals surface area contributed by atoms with Gasteiger partial charge in [0.1, 0.15) is 6.10 Å². The number of morpholine rings is 1. The summed E-state index contributed by atoms with van der Waals surface area (Å²) in [5.41, 5.74) is 0. The molecule has 0 radical (unpaired) electrons. The number of nitriles is 2. The number of hydrogen-bond donors (Lipinski definition) is 1. The quantitative estimate of drug-likeness (QED) is 0.859. The molecule has 0 aromatic carbocycles. The van der Waals surface area contributed by atoms with Crippen LogP contribution in [0.3, 0.4) is 0 Å². The number of ether oxygens (including phenoxy) is 1. The summed E-state index contributed by atoms with van der Waals surface area (Å²) in [4.78, 5) is 6.70. The number of aromatic amines is 1. The van der Waals surface area contributed by atoms with Gasteiger partial charge in [-0.1, -0.05) is 13.8 Å². The summed E-state index contributed by atoms with van der Waals surface area (Å²) >= 11 is 0. The average Bonchev–Trinajstić information content (AvgIpc) is 3.02. The third kappa shape index (κ3) is 4.27. The zero-order valence-corrected chi connectivity index (χ0v) is 13.1. The molecule has 0 unspecified atom stereocenters. The summed E-state index contributed by atoms with van der Waals surface area (Å²) in [6, 6.07) is 4.39. The van der Waals surface area contributed by atoms with Crippen molar-refractivity contribution in [3.63, 3.8) is 0 Å². The van der Waals surface area contributed by atoms with Gasteiger partial charge in [0.15, 0.2) is 11.6 Å². The minimum Gasteiger partial charge on any atom is -0.368 e. The van der Waals surface area contributed by atoms with Gasteiger partial charge in [-0.3, -0.25) is 10.00 Å². The summed E-state index contributed by atoms with van der Waals surface area (Å²) in [5.74, 6) is 1.71. The minimum absolute atomic E-state index is 0.112. The first kappa shape index (κ1) is 16.4. The second-order valence-electron chi connectivity index (χ2n) is 5.88.